The van der Waals surface area contributed by atoms with Crippen LogP contribution in [-0.4, -0.2) is 17.9 Å². The summed E-state index contributed by atoms with van der Waals surface area (Å²) in [6, 6.07) is -0.460. The maximum absolute atomic E-state index is 10.9. The van der Waals surface area contributed by atoms with E-state index in [1.165, 1.54) is 11.3 Å². The van der Waals surface area contributed by atoms with Gasteiger partial charge >= 0.3 is 0 Å². The second-order valence-electron chi connectivity index (χ2n) is 2.13. The van der Waals surface area contributed by atoms with Gasteiger partial charge in [0.2, 0.25) is 5.91 Å². The molecule has 0 spiro atoms. The molecule has 1 rings (SSSR count). The predicted octanol–water partition coefficient (Wildman–Crippen LogP) is 0.494. The van der Waals surface area contributed by atoms with Crippen molar-refractivity contribution in [2.75, 3.05) is 7.05 Å². The van der Waals surface area contributed by atoms with E-state index in [0.717, 1.165) is 7.89 Å². The molecule has 12 heavy (non-hydrogen) atoms. The Bertz CT molecular complexity index is 288. The lowest BCUT2D eigenvalue weighted by Gasteiger charge is -2.07. The summed E-state index contributed by atoms with van der Waals surface area (Å²) >= 11 is 3.61. The van der Waals surface area contributed by atoms with Crippen molar-refractivity contribution in [1.29, 1.82) is 0 Å². The zero-order chi connectivity index (χ0) is 9.14. The van der Waals surface area contributed by atoms with E-state index in [2.05, 4.69) is 32.9 Å². The number of nitrogens with one attached hydrogen (secondary N) is 1. The fourth-order valence-corrected chi connectivity index (χ4v) is 2.37. The number of hydrogen-bond acceptors (Lipinski definition) is 4. The Morgan fingerprint density at radius 1 is 1.92 bits per heavy atom. The maximum Gasteiger partial charge on any atom is 0.241 e. The van der Waals surface area contributed by atoms with E-state index in [1.807, 2.05) is 0 Å². The molecule has 3 N–H and O–H groups in total. The van der Waals surface area contributed by atoms with Gasteiger partial charge in [-0.15, -0.1) is 11.3 Å². The first-order valence-electron chi connectivity index (χ1n) is 3.23. The summed E-state index contributed by atoms with van der Waals surface area (Å²) in [5.41, 5.74) is 5.15. The first-order valence-corrected chi connectivity index (χ1v) is 5.12. The van der Waals surface area contributed by atoms with E-state index in [0.29, 0.717) is 0 Å². The number of carbonyl (C=O) groups excluding carboxylic acids is 1. The van der Waals surface area contributed by atoms with Gasteiger partial charge < -0.3 is 11.1 Å². The Labute approximate surface area is 87.7 Å². The van der Waals surface area contributed by atoms with E-state index < -0.39 is 11.9 Å². The van der Waals surface area contributed by atoms with Crippen molar-refractivity contribution in [2.24, 2.45) is 5.73 Å². The molecule has 0 aromatic carbocycles. The summed E-state index contributed by atoms with van der Waals surface area (Å²) in [7, 11) is 1.68. The van der Waals surface area contributed by atoms with Crippen molar-refractivity contribution in [3.05, 3.63) is 14.1 Å². The van der Waals surface area contributed by atoms with Crippen molar-refractivity contribution >= 4 is 39.8 Å². The summed E-state index contributed by atoms with van der Waals surface area (Å²) in [6.45, 7) is 0. The average molecular weight is 297 g/mol. The number of aromatic nitrogens is 1. The van der Waals surface area contributed by atoms with Crippen LogP contribution in [0.25, 0.3) is 0 Å². The molecule has 1 atom stereocenters. The topological polar surface area (TPSA) is 68.0 Å². The predicted molar refractivity (Wildman–Crippen MR) is 55.8 cm³/mol. The molecule has 4 nitrogen and oxygen atoms in total. The molecule has 1 unspecified atom stereocenters. The molecule has 0 saturated heterocycles. The van der Waals surface area contributed by atoms with Crippen molar-refractivity contribution in [2.45, 2.75) is 6.04 Å². The number of amides is 1. The summed E-state index contributed by atoms with van der Waals surface area (Å²) in [6.07, 6.45) is 1.72. The van der Waals surface area contributed by atoms with Crippen molar-refractivity contribution in [3.8, 4) is 0 Å². The van der Waals surface area contributed by atoms with E-state index in [-0.39, 0.29) is 0 Å². The number of primary amides is 1. The number of nitrogens with two attached hydrogens (primary N) is 1. The molecule has 0 aliphatic rings. The Balaban J connectivity index is 2.87. The molecule has 1 heterocycles. The molecule has 1 aromatic rings. The molecule has 0 bridgehead atoms. The highest BCUT2D eigenvalue weighted by Gasteiger charge is 2.18. The highest BCUT2D eigenvalue weighted by atomic mass is 127. The fraction of sp³-hybridized carbons (Fsp3) is 0.333. The summed E-state index contributed by atoms with van der Waals surface area (Å²) in [5, 5.41) is 3.52. The van der Waals surface area contributed by atoms with Crippen LogP contribution in [0, 0.1) is 2.88 Å². The third kappa shape index (κ3) is 2.14. The molecular weight excluding hydrogens is 289 g/mol. The number of halogens is 1. The minimum absolute atomic E-state index is 0.400. The van der Waals surface area contributed by atoms with Crippen molar-refractivity contribution in [1.82, 2.24) is 10.3 Å². The Kier molecular flexibility index (Phi) is 3.41. The van der Waals surface area contributed by atoms with Crippen LogP contribution in [0.2, 0.25) is 0 Å². The lowest BCUT2D eigenvalue weighted by molar-refractivity contribution is -0.120. The van der Waals surface area contributed by atoms with E-state index in [4.69, 9.17) is 5.73 Å². The summed E-state index contributed by atoms with van der Waals surface area (Å²) in [5.74, 6) is -0.400. The second kappa shape index (κ2) is 4.15. The lowest BCUT2D eigenvalue weighted by Crippen LogP contribution is -2.30. The van der Waals surface area contributed by atoms with Crippen LogP contribution >= 0.6 is 33.9 Å². The fourth-order valence-electron chi connectivity index (χ4n) is 0.788. The number of likely N-dealkylation sites (N-methyl/N-ethyl adjacent to an activating group) is 1. The molecule has 1 amide bonds. The second-order valence-corrected chi connectivity index (χ2v) is 5.08. The molecular formula is C6H8IN3OS. The monoisotopic (exact) mass is 297 g/mol. The first kappa shape index (κ1) is 9.87. The van der Waals surface area contributed by atoms with Crippen LogP contribution < -0.4 is 11.1 Å². The quantitative estimate of drug-likeness (QED) is 0.798. The van der Waals surface area contributed by atoms with Crippen LogP contribution in [0.3, 0.4) is 0 Å². The van der Waals surface area contributed by atoms with Crippen LogP contribution in [0.15, 0.2) is 6.20 Å². The minimum atomic E-state index is -0.460. The smallest absolute Gasteiger partial charge is 0.241 e. The van der Waals surface area contributed by atoms with Crippen LogP contribution in [0.5, 0.6) is 0 Å². The SMILES string of the molecule is CNC(C(N)=O)c1ncc(I)s1. The molecule has 0 aliphatic heterocycles. The standard InChI is InChI=1S/C6H8IN3OS/c1-9-4(5(8)11)6-10-2-3(7)12-6/h2,4,9H,1H3,(H2,8,11). The van der Waals surface area contributed by atoms with E-state index in [9.17, 15) is 4.79 Å². The molecule has 0 aliphatic carbocycles. The molecule has 0 fully saturated rings. The molecule has 0 saturated carbocycles. The largest absolute Gasteiger partial charge is 0.368 e. The average Bonchev–Trinajstić information content (AvgIpc) is 2.37. The summed E-state index contributed by atoms with van der Waals surface area (Å²) < 4.78 is 1.05. The number of nitrogens with zero attached hydrogens (tertiary/aromatic N) is 1. The minimum Gasteiger partial charge on any atom is -0.368 e. The normalized spacial score (nSPS) is 12.8. The third-order valence-electron chi connectivity index (χ3n) is 1.32. The third-order valence-corrected chi connectivity index (χ3v) is 3.11. The molecule has 1 aromatic heterocycles. The summed E-state index contributed by atoms with van der Waals surface area (Å²) in [4.78, 5) is 14.9. The number of rotatable bonds is 3. The van der Waals surface area contributed by atoms with E-state index in [1.54, 1.807) is 13.2 Å². The highest BCUT2D eigenvalue weighted by molar-refractivity contribution is 14.1. The molecule has 0 radical (unpaired) electrons. The van der Waals surface area contributed by atoms with Gasteiger partial charge in [0.05, 0.1) is 9.08 Å². The van der Waals surface area contributed by atoms with Gasteiger partial charge in [0.1, 0.15) is 11.0 Å². The van der Waals surface area contributed by atoms with Crippen molar-refractivity contribution in [3.63, 3.8) is 0 Å². The van der Waals surface area contributed by atoms with Gasteiger partial charge in [-0.2, -0.15) is 0 Å². The lowest BCUT2D eigenvalue weighted by atomic mass is 10.3. The zero-order valence-corrected chi connectivity index (χ0v) is 9.35. The Morgan fingerprint density at radius 2 is 2.58 bits per heavy atom. The highest BCUT2D eigenvalue weighted by Crippen LogP contribution is 2.20. The number of hydrogen-bond donors (Lipinski definition) is 2. The van der Waals surface area contributed by atoms with Gasteiger partial charge in [-0.25, -0.2) is 4.98 Å². The first-order chi connectivity index (χ1) is 5.65. The zero-order valence-electron chi connectivity index (χ0n) is 6.37. The van der Waals surface area contributed by atoms with Crippen molar-refractivity contribution < 1.29 is 4.79 Å². The number of carbonyl (C=O) groups is 1. The van der Waals surface area contributed by atoms with Crippen LogP contribution in [-0.2, 0) is 4.79 Å². The Hall–Kier alpha value is -0.210. The van der Waals surface area contributed by atoms with Gasteiger partial charge in [-0.3, -0.25) is 4.79 Å². The number of thiazole rings is 1. The van der Waals surface area contributed by atoms with Gasteiger partial charge in [-0.05, 0) is 29.6 Å². The van der Waals surface area contributed by atoms with E-state index >= 15 is 0 Å². The van der Waals surface area contributed by atoms with Gasteiger partial charge in [-0.1, -0.05) is 0 Å². The van der Waals surface area contributed by atoms with Crippen LogP contribution in [0.1, 0.15) is 11.0 Å². The maximum atomic E-state index is 10.9. The van der Waals surface area contributed by atoms with Crippen LogP contribution in [0.4, 0.5) is 0 Å². The van der Waals surface area contributed by atoms with Gasteiger partial charge in [0, 0.05) is 0 Å². The Morgan fingerprint density at radius 3 is 2.92 bits per heavy atom. The molecule has 66 valence electrons. The van der Waals surface area contributed by atoms with Gasteiger partial charge in [0.25, 0.3) is 0 Å². The van der Waals surface area contributed by atoms with Gasteiger partial charge in [0.15, 0.2) is 0 Å². The molecule has 6 heteroatoms.